The van der Waals surface area contributed by atoms with Crippen molar-refractivity contribution in [2.75, 3.05) is 13.2 Å². The molecule has 1 unspecified atom stereocenters. The highest BCUT2D eigenvalue weighted by molar-refractivity contribution is 5.71. The van der Waals surface area contributed by atoms with Crippen LogP contribution in [0, 0.1) is 0 Å². The zero-order chi connectivity index (χ0) is 58.5. The van der Waals surface area contributed by atoms with Crippen LogP contribution in [0.15, 0.2) is 170 Å². The third kappa shape index (κ3) is 65.5. The van der Waals surface area contributed by atoms with Gasteiger partial charge in [-0.1, -0.05) is 281 Å². The molecule has 454 valence electrons. The van der Waals surface area contributed by atoms with Crippen LogP contribution in [0.1, 0.15) is 265 Å². The van der Waals surface area contributed by atoms with Crippen LogP contribution < -0.4 is 0 Å². The van der Waals surface area contributed by atoms with Crippen LogP contribution in [0.4, 0.5) is 0 Å². The predicted octanol–water partition coefficient (Wildman–Crippen LogP) is 22.7. The van der Waals surface area contributed by atoms with E-state index in [1.54, 1.807) is 0 Å². The van der Waals surface area contributed by atoms with Crippen LogP contribution in [0.3, 0.4) is 0 Å². The smallest absolute Gasteiger partial charge is 0.306 e. The van der Waals surface area contributed by atoms with Crippen LogP contribution in [0.5, 0.6) is 0 Å². The topological polar surface area (TPSA) is 78.9 Å². The molecule has 0 radical (unpaired) electrons. The largest absolute Gasteiger partial charge is 0.462 e. The van der Waals surface area contributed by atoms with Gasteiger partial charge < -0.3 is 14.2 Å². The molecule has 0 aromatic heterocycles. The summed E-state index contributed by atoms with van der Waals surface area (Å²) in [6.45, 7) is 6.22. The SMILES string of the molecule is CC/C=C\C/C=C\C/C=C\C/C=C\C/C=C\C/C=C\CCC(=O)OC(COC(=O)CCCCCCC/C=C\C/C=C\C/C=C\CC)COC(=O)CCCCCCCCCCCCCCC/C=C\C/C=C\C/C=C\C/C=C\C/C=C\CC. The number of hydrogen-bond donors (Lipinski definition) is 0. The number of rotatable bonds is 57. The summed E-state index contributed by atoms with van der Waals surface area (Å²) >= 11 is 0. The van der Waals surface area contributed by atoms with Crippen molar-refractivity contribution in [3.05, 3.63) is 170 Å². The number of carbonyl (C=O) groups is 3. The molecule has 0 amide bonds. The van der Waals surface area contributed by atoms with Crippen LogP contribution in [-0.2, 0) is 28.6 Å². The van der Waals surface area contributed by atoms with E-state index in [0.717, 1.165) is 148 Å². The Morgan fingerprint density at radius 1 is 0.247 bits per heavy atom. The lowest BCUT2D eigenvalue weighted by Crippen LogP contribution is -2.30. The van der Waals surface area contributed by atoms with Gasteiger partial charge in [0.25, 0.3) is 0 Å². The summed E-state index contributed by atoms with van der Waals surface area (Å²) in [6.07, 6.45) is 99.5. The highest BCUT2D eigenvalue weighted by Crippen LogP contribution is 2.15. The molecular weight excluding hydrogens is 997 g/mol. The summed E-state index contributed by atoms with van der Waals surface area (Å²) in [5, 5.41) is 0. The van der Waals surface area contributed by atoms with Crippen molar-refractivity contribution in [1.82, 2.24) is 0 Å². The average Bonchev–Trinajstić information content (AvgIpc) is 3.47. The zero-order valence-corrected chi connectivity index (χ0v) is 52.0. The first-order valence-corrected chi connectivity index (χ1v) is 32.6. The molecule has 0 saturated carbocycles. The maximum absolute atomic E-state index is 12.9. The molecule has 0 fully saturated rings. The van der Waals surface area contributed by atoms with E-state index in [2.05, 4.69) is 179 Å². The molecule has 0 rings (SSSR count). The Hall–Kier alpha value is -5.23. The minimum Gasteiger partial charge on any atom is -0.462 e. The summed E-state index contributed by atoms with van der Waals surface area (Å²) in [5.74, 6) is -1.03. The molecule has 0 spiro atoms. The number of hydrogen-bond acceptors (Lipinski definition) is 6. The van der Waals surface area contributed by atoms with Crippen LogP contribution in [0.2, 0.25) is 0 Å². The van der Waals surface area contributed by atoms with E-state index >= 15 is 0 Å². The van der Waals surface area contributed by atoms with Gasteiger partial charge in [-0.3, -0.25) is 14.4 Å². The van der Waals surface area contributed by atoms with Crippen LogP contribution >= 0.6 is 0 Å². The van der Waals surface area contributed by atoms with Gasteiger partial charge in [-0.15, -0.1) is 0 Å². The fourth-order valence-corrected chi connectivity index (χ4v) is 8.45. The van der Waals surface area contributed by atoms with Crippen LogP contribution in [0.25, 0.3) is 0 Å². The molecule has 6 nitrogen and oxygen atoms in total. The summed E-state index contributed by atoms with van der Waals surface area (Å²) in [5.41, 5.74) is 0. The molecule has 6 heteroatoms. The average molecular weight is 1120 g/mol. The third-order valence-corrected chi connectivity index (χ3v) is 13.2. The minimum absolute atomic E-state index is 0.121. The maximum atomic E-state index is 12.9. The van der Waals surface area contributed by atoms with Crippen molar-refractivity contribution < 1.29 is 28.6 Å². The second-order valence-corrected chi connectivity index (χ2v) is 20.9. The van der Waals surface area contributed by atoms with Gasteiger partial charge >= 0.3 is 17.9 Å². The Morgan fingerprint density at radius 2 is 0.469 bits per heavy atom. The molecule has 81 heavy (non-hydrogen) atoms. The Bertz CT molecular complexity index is 1860. The lowest BCUT2D eigenvalue weighted by atomic mass is 10.0. The van der Waals surface area contributed by atoms with E-state index in [0.29, 0.717) is 19.3 Å². The maximum Gasteiger partial charge on any atom is 0.306 e. The fraction of sp³-hybridized carbons (Fsp3) is 0.587. The molecule has 0 bridgehead atoms. The molecule has 0 aliphatic heterocycles. The standard InChI is InChI=1S/C75H118O6/c1-4-7-10-13-16-19-22-25-28-30-32-33-34-35-36-37-38-39-40-41-43-44-47-50-53-56-59-62-65-68-74(77)80-71-72(70-79-73(76)67-64-61-58-55-52-49-46-27-24-21-18-15-12-9-6-3)81-75(78)69-66-63-60-57-54-51-48-45-42-31-29-26-23-20-17-14-11-8-5-2/h7-12,16-21,25-29,32-33,35-36,42,45-46,51,54,60,63,72H,4-6,13-15,22-24,30-31,34,37-41,43-44,47-50,52-53,55-59,61-62,64-71H2,1-3H3/b10-7-,11-8-,12-9-,19-16-,20-17-,21-18-,28-25-,29-26-,33-32-,36-35-,45-42-,46-27-,54-51-,63-60-. The third-order valence-electron chi connectivity index (χ3n) is 13.2. The molecule has 0 aliphatic rings. The van der Waals surface area contributed by atoms with Gasteiger partial charge in [0, 0.05) is 19.3 Å². The Morgan fingerprint density at radius 3 is 0.741 bits per heavy atom. The van der Waals surface area contributed by atoms with E-state index in [1.165, 1.54) is 70.6 Å². The Balaban J connectivity index is 4.42. The summed E-state index contributed by atoms with van der Waals surface area (Å²) in [4.78, 5) is 38.3. The quantitative estimate of drug-likeness (QED) is 0.0261. The van der Waals surface area contributed by atoms with Crippen molar-refractivity contribution in [2.24, 2.45) is 0 Å². The first kappa shape index (κ1) is 75.8. The molecule has 0 aromatic carbocycles. The molecule has 0 saturated heterocycles. The van der Waals surface area contributed by atoms with Crippen molar-refractivity contribution in [3.8, 4) is 0 Å². The number of esters is 3. The van der Waals surface area contributed by atoms with E-state index in [4.69, 9.17) is 14.2 Å². The van der Waals surface area contributed by atoms with Gasteiger partial charge in [0.1, 0.15) is 13.2 Å². The first-order valence-electron chi connectivity index (χ1n) is 32.6. The Kier molecular flexibility index (Phi) is 62.9. The van der Waals surface area contributed by atoms with E-state index in [9.17, 15) is 14.4 Å². The van der Waals surface area contributed by atoms with Crippen molar-refractivity contribution in [2.45, 2.75) is 271 Å². The van der Waals surface area contributed by atoms with Gasteiger partial charge in [0.2, 0.25) is 0 Å². The van der Waals surface area contributed by atoms with Crippen molar-refractivity contribution in [1.29, 1.82) is 0 Å². The summed E-state index contributed by atoms with van der Waals surface area (Å²) in [6, 6.07) is 0. The van der Waals surface area contributed by atoms with E-state index < -0.39 is 12.1 Å². The van der Waals surface area contributed by atoms with Gasteiger partial charge in [0.05, 0.1) is 0 Å². The second kappa shape index (κ2) is 67.3. The molecular formula is C75H118O6. The second-order valence-electron chi connectivity index (χ2n) is 20.9. The highest BCUT2D eigenvalue weighted by Gasteiger charge is 2.19. The van der Waals surface area contributed by atoms with Crippen LogP contribution in [-0.4, -0.2) is 37.2 Å². The molecule has 0 N–H and O–H groups in total. The molecule has 0 aromatic rings. The first-order chi connectivity index (χ1) is 40.0. The fourth-order valence-electron chi connectivity index (χ4n) is 8.45. The lowest BCUT2D eigenvalue weighted by Gasteiger charge is -2.18. The molecule has 0 heterocycles. The van der Waals surface area contributed by atoms with E-state index in [1.807, 2.05) is 12.2 Å². The van der Waals surface area contributed by atoms with Gasteiger partial charge in [0.15, 0.2) is 6.10 Å². The monoisotopic (exact) mass is 1110 g/mol. The van der Waals surface area contributed by atoms with Crippen molar-refractivity contribution >= 4 is 17.9 Å². The highest BCUT2D eigenvalue weighted by atomic mass is 16.6. The number of allylic oxidation sites excluding steroid dienone is 28. The normalized spacial score (nSPS) is 13.3. The summed E-state index contributed by atoms with van der Waals surface area (Å²) < 4.78 is 16.8. The van der Waals surface area contributed by atoms with Gasteiger partial charge in [-0.2, -0.15) is 0 Å². The Labute approximate surface area is 498 Å². The van der Waals surface area contributed by atoms with E-state index in [-0.39, 0.29) is 31.6 Å². The zero-order valence-electron chi connectivity index (χ0n) is 52.0. The number of ether oxygens (including phenoxy) is 3. The van der Waals surface area contributed by atoms with Gasteiger partial charge in [-0.05, 0) is 135 Å². The lowest BCUT2D eigenvalue weighted by molar-refractivity contribution is -0.166. The van der Waals surface area contributed by atoms with Gasteiger partial charge in [-0.25, -0.2) is 0 Å². The van der Waals surface area contributed by atoms with Crippen molar-refractivity contribution in [3.63, 3.8) is 0 Å². The molecule has 0 aliphatic carbocycles. The summed E-state index contributed by atoms with van der Waals surface area (Å²) in [7, 11) is 0. The minimum atomic E-state index is -0.836. The molecule has 1 atom stereocenters. The number of unbranched alkanes of at least 4 members (excludes halogenated alkanes) is 18. The predicted molar refractivity (Wildman–Crippen MR) is 352 cm³/mol. The number of carbonyl (C=O) groups excluding carboxylic acids is 3.